The predicted octanol–water partition coefficient (Wildman–Crippen LogP) is 4.97. The smallest absolute Gasteiger partial charge is 0.417 e. The van der Waals surface area contributed by atoms with Crippen molar-refractivity contribution in [1.82, 2.24) is 9.97 Å². The number of halogens is 4. The van der Waals surface area contributed by atoms with Crippen LogP contribution in [-0.2, 0) is 15.7 Å². The number of rotatable bonds is 5. The lowest BCUT2D eigenvalue weighted by atomic mass is 10.1. The van der Waals surface area contributed by atoms with Gasteiger partial charge in [0.1, 0.15) is 0 Å². The van der Waals surface area contributed by atoms with E-state index in [1.54, 1.807) is 24.3 Å². The Morgan fingerprint density at radius 3 is 2.61 bits per heavy atom. The third-order valence-electron chi connectivity index (χ3n) is 4.71. The summed E-state index contributed by atoms with van der Waals surface area (Å²) in [6, 6.07) is 9.44. The standard InChI is InChI=1S/C21H15ClF3N3O3/c22-15-7-12(21(23,24)25)9-26-19(15)28-18(29)10-31-20(30)14-8-17(11-5-6-11)27-16-4-2-1-3-13(14)16/h1-4,7-9,11H,5-6,10H2,(H,26,28,29). The number of nitrogens with one attached hydrogen (secondary N) is 1. The Morgan fingerprint density at radius 1 is 1.19 bits per heavy atom. The highest BCUT2D eigenvalue weighted by molar-refractivity contribution is 6.33. The van der Waals surface area contributed by atoms with E-state index in [1.165, 1.54) is 0 Å². The molecule has 31 heavy (non-hydrogen) atoms. The van der Waals surface area contributed by atoms with Gasteiger partial charge in [0.15, 0.2) is 12.4 Å². The number of hydrogen-bond acceptors (Lipinski definition) is 5. The molecule has 0 saturated heterocycles. The molecule has 3 aromatic rings. The van der Waals surface area contributed by atoms with Gasteiger partial charge in [-0.2, -0.15) is 13.2 Å². The van der Waals surface area contributed by atoms with Crippen LogP contribution in [0.4, 0.5) is 19.0 Å². The van der Waals surface area contributed by atoms with Gasteiger partial charge in [0.05, 0.1) is 21.7 Å². The lowest BCUT2D eigenvalue weighted by Crippen LogP contribution is -2.22. The first kappa shape index (κ1) is 21.0. The van der Waals surface area contributed by atoms with Crippen molar-refractivity contribution in [3.63, 3.8) is 0 Å². The second-order valence-electron chi connectivity index (χ2n) is 7.06. The first-order chi connectivity index (χ1) is 14.7. The van der Waals surface area contributed by atoms with Crippen molar-refractivity contribution in [1.29, 1.82) is 0 Å². The van der Waals surface area contributed by atoms with Gasteiger partial charge in [-0.25, -0.2) is 9.78 Å². The molecule has 0 unspecified atom stereocenters. The Labute approximate surface area is 179 Å². The van der Waals surface area contributed by atoms with E-state index < -0.39 is 30.2 Å². The lowest BCUT2D eigenvalue weighted by molar-refractivity contribution is -0.137. The Morgan fingerprint density at radius 2 is 1.94 bits per heavy atom. The third kappa shape index (κ3) is 4.77. The van der Waals surface area contributed by atoms with Crippen molar-refractivity contribution in [3.8, 4) is 0 Å². The molecular weight excluding hydrogens is 435 g/mol. The molecule has 1 saturated carbocycles. The molecule has 160 valence electrons. The highest BCUT2D eigenvalue weighted by Gasteiger charge is 2.32. The molecule has 10 heteroatoms. The van der Waals surface area contributed by atoms with Crippen molar-refractivity contribution in [2.45, 2.75) is 24.9 Å². The maximum Gasteiger partial charge on any atom is 0.417 e. The molecule has 1 aliphatic carbocycles. The number of carbonyl (C=O) groups excluding carboxylic acids is 2. The predicted molar refractivity (Wildman–Crippen MR) is 107 cm³/mol. The van der Waals surface area contributed by atoms with Crippen molar-refractivity contribution in [2.24, 2.45) is 0 Å². The number of aromatic nitrogens is 2. The van der Waals surface area contributed by atoms with Gasteiger partial charge in [-0.15, -0.1) is 0 Å². The fraction of sp³-hybridized carbons (Fsp3) is 0.238. The summed E-state index contributed by atoms with van der Waals surface area (Å²) in [5.74, 6) is -1.45. The fourth-order valence-corrected chi connectivity index (χ4v) is 3.23. The largest absolute Gasteiger partial charge is 0.452 e. The third-order valence-corrected chi connectivity index (χ3v) is 5.00. The van der Waals surface area contributed by atoms with Crippen LogP contribution in [0.25, 0.3) is 10.9 Å². The molecule has 1 aromatic carbocycles. The number of ether oxygens (including phenoxy) is 1. The SMILES string of the molecule is O=C(COC(=O)c1cc(C2CC2)nc2ccccc12)Nc1ncc(C(F)(F)F)cc1Cl. The number of benzene rings is 1. The van der Waals surface area contributed by atoms with Crippen LogP contribution < -0.4 is 5.32 Å². The fourth-order valence-electron chi connectivity index (χ4n) is 3.01. The molecule has 0 radical (unpaired) electrons. The zero-order chi connectivity index (χ0) is 22.2. The topological polar surface area (TPSA) is 81.2 Å². The summed E-state index contributed by atoms with van der Waals surface area (Å²) in [4.78, 5) is 32.8. The van der Waals surface area contributed by atoms with Crippen molar-refractivity contribution in [3.05, 3.63) is 64.4 Å². The van der Waals surface area contributed by atoms with Crippen LogP contribution in [0.2, 0.25) is 5.02 Å². The number of anilines is 1. The Hall–Kier alpha value is -3.20. The maximum atomic E-state index is 12.7. The summed E-state index contributed by atoms with van der Waals surface area (Å²) < 4.78 is 43.1. The lowest BCUT2D eigenvalue weighted by Gasteiger charge is -2.11. The van der Waals surface area contributed by atoms with Crippen LogP contribution in [0.15, 0.2) is 42.6 Å². The maximum absolute atomic E-state index is 12.7. The second-order valence-corrected chi connectivity index (χ2v) is 7.47. The molecule has 2 aromatic heterocycles. The number of alkyl halides is 3. The van der Waals surface area contributed by atoms with E-state index in [0.29, 0.717) is 34.6 Å². The van der Waals surface area contributed by atoms with E-state index in [1.807, 2.05) is 6.07 Å². The molecule has 0 bridgehead atoms. The van der Waals surface area contributed by atoms with Crippen LogP contribution >= 0.6 is 11.6 Å². The van der Waals surface area contributed by atoms with E-state index >= 15 is 0 Å². The molecule has 6 nitrogen and oxygen atoms in total. The van der Waals surface area contributed by atoms with E-state index in [-0.39, 0.29) is 10.8 Å². The number of esters is 1. The molecular formula is C21H15ClF3N3O3. The molecule has 1 aliphatic rings. The highest BCUT2D eigenvalue weighted by atomic mass is 35.5. The number of hydrogen-bond donors (Lipinski definition) is 1. The molecule has 2 heterocycles. The van der Waals surface area contributed by atoms with E-state index in [4.69, 9.17) is 16.3 Å². The Kier molecular flexibility index (Phi) is 5.53. The van der Waals surface area contributed by atoms with Crippen molar-refractivity contribution < 1.29 is 27.5 Å². The number of amides is 1. The summed E-state index contributed by atoms with van der Waals surface area (Å²) in [5.41, 5.74) is 0.712. The van der Waals surface area contributed by atoms with Gasteiger partial charge in [0, 0.05) is 23.2 Å². The number of nitrogens with zero attached hydrogens (tertiary/aromatic N) is 2. The zero-order valence-corrected chi connectivity index (χ0v) is 16.6. The first-order valence-corrected chi connectivity index (χ1v) is 9.69. The quantitative estimate of drug-likeness (QED) is 0.556. The van der Waals surface area contributed by atoms with Crippen LogP contribution in [0, 0.1) is 0 Å². The van der Waals surface area contributed by atoms with E-state index in [0.717, 1.165) is 18.5 Å². The van der Waals surface area contributed by atoms with Gasteiger partial charge in [0.2, 0.25) is 0 Å². The van der Waals surface area contributed by atoms with Gasteiger partial charge in [-0.05, 0) is 31.0 Å². The van der Waals surface area contributed by atoms with Gasteiger partial charge >= 0.3 is 12.1 Å². The summed E-state index contributed by atoms with van der Waals surface area (Å²) in [7, 11) is 0. The van der Waals surface area contributed by atoms with E-state index in [2.05, 4.69) is 15.3 Å². The Balaban J connectivity index is 1.45. The molecule has 1 amide bonds. The normalized spacial score (nSPS) is 13.8. The number of para-hydroxylation sites is 1. The number of carbonyl (C=O) groups is 2. The average molecular weight is 450 g/mol. The summed E-state index contributed by atoms with van der Waals surface area (Å²) in [6.07, 6.45) is -2.05. The zero-order valence-electron chi connectivity index (χ0n) is 15.9. The van der Waals surface area contributed by atoms with Crippen LogP contribution in [0.3, 0.4) is 0 Å². The van der Waals surface area contributed by atoms with Gasteiger partial charge in [-0.1, -0.05) is 29.8 Å². The number of pyridine rings is 2. The summed E-state index contributed by atoms with van der Waals surface area (Å²) in [5, 5.41) is 2.45. The van der Waals surface area contributed by atoms with Crippen molar-refractivity contribution in [2.75, 3.05) is 11.9 Å². The molecule has 0 atom stereocenters. The average Bonchev–Trinajstić information content (AvgIpc) is 3.57. The minimum atomic E-state index is -4.61. The highest BCUT2D eigenvalue weighted by Crippen LogP contribution is 2.40. The van der Waals surface area contributed by atoms with Gasteiger partial charge < -0.3 is 10.1 Å². The molecule has 4 rings (SSSR count). The monoisotopic (exact) mass is 449 g/mol. The minimum absolute atomic E-state index is 0.263. The summed E-state index contributed by atoms with van der Waals surface area (Å²) in [6.45, 7) is -0.659. The van der Waals surface area contributed by atoms with Crippen LogP contribution in [0.1, 0.15) is 40.4 Å². The van der Waals surface area contributed by atoms with Crippen molar-refractivity contribution >= 4 is 40.2 Å². The number of fused-ring (bicyclic) bond motifs is 1. The second kappa shape index (κ2) is 8.14. The van der Waals surface area contributed by atoms with Crippen LogP contribution in [-0.4, -0.2) is 28.5 Å². The Bertz CT molecular complexity index is 1180. The van der Waals surface area contributed by atoms with Crippen LogP contribution in [0.5, 0.6) is 0 Å². The van der Waals surface area contributed by atoms with Gasteiger partial charge in [0.25, 0.3) is 5.91 Å². The summed E-state index contributed by atoms with van der Waals surface area (Å²) >= 11 is 5.76. The molecule has 1 N–H and O–H groups in total. The molecule has 0 spiro atoms. The molecule has 1 fully saturated rings. The first-order valence-electron chi connectivity index (χ1n) is 9.32. The van der Waals surface area contributed by atoms with Gasteiger partial charge in [-0.3, -0.25) is 9.78 Å². The molecule has 0 aliphatic heterocycles. The minimum Gasteiger partial charge on any atom is -0.452 e. The van der Waals surface area contributed by atoms with E-state index in [9.17, 15) is 22.8 Å².